The van der Waals surface area contributed by atoms with Gasteiger partial charge in [-0.3, -0.25) is 4.79 Å². The molecule has 1 N–H and O–H groups in total. The van der Waals surface area contributed by atoms with E-state index in [0.717, 1.165) is 12.8 Å². The molecule has 1 amide bonds. The van der Waals surface area contributed by atoms with E-state index in [1.807, 2.05) is 12.1 Å². The Labute approximate surface area is 105 Å². The fourth-order valence-corrected chi connectivity index (χ4v) is 2.34. The van der Waals surface area contributed by atoms with Crippen molar-refractivity contribution in [2.75, 3.05) is 5.32 Å². The quantitative estimate of drug-likeness (QED) is 0.869. The molecule has 4 heteroatoms. The van der Waals surface area contributed by atoms with Crippen molar-refractivity contribution in [2.45, 2.75) is 12.8 Å². The summed E-state index contributed by atoms with van der Waals surface area (Å²) in [6.45, 7) is 0. The molecule has 0 aliphatic heterocycles. The monoisotopic (exact) mass is 239 g/mol. The van der Waals surface area contributed by atoms with Crippen LogP contribution in [0.5, 0.6) is 0 Å². The van der Waals surface area contributed by atoms with E-state index >= 15 is 0 Å². The second kappa shape index (κ2) is 4.56. The molecule has 0 unspecified atom stereocenters. The van der Waals surface area contributed by atoms with E-state index in [-0.39, 0.29) is 11.8 Å². The highest BCUT2D eigenvalue weighted by Crippen LogP contribution is 2.27. The van der Waals surface area contributed by atoms with Crippen LogP contribution in [0.4, 0.5) is 5.82 Å². The number of nitrogens with zero attached hydrogens (tertiary/aromatic N) is 2. The second-order valence-electron chi connectivity index (χ2n) is 4.46. The average Bonchev–Trinajstić information content (AvgIpc) is 2.84. The van der Waals surface area contributed by atoms with Crippen LogP contribution in [-0.2, 0) is 17.6 Å². The fraction of sp³-hybridized carbons (Fsp3) is 0.214. The summed E-state index contributed by atoms with van der Waals surface area (Å²) in [5.41, 5.74) is 2.56. The maximum Gasteiger partial charge on any atom is 0.229 e. The molecule has 3 rings (SSSR count). The molecule has 1 aromatic carbocycles. The van der Waals surface area contributed by atoms with Crippen LogP contribution < -0.4 is 5.32 Å². The van der Waals surface area contributed by atoms with Crippen LogP contribution in [0.1, 0.15) is 11.1 Å². The number of carbonyl (C=O) groups excluding carboxylic acids is 1. The average molecular weight is 239 g/mol. The standard InChI is InChI=1S/C14H13N3O/c18-14(17-13-5-6-15-9-16-13)12-7-10-3-1-2-4-11(10)8-12/h1-6,9,12H,7-8H2,(H,15,16,17,18). The van der Waals surface area contributed by atoms with Crippen molar-refractivity contribution < 1.29 is 4.79 Å². The number of hydrogen-bond acceptors (Lipinski definition) is 3. The molecule has 2 aromatic rings. The first kappa shape index (κ1) is 10.9. The van der Waals surface area contributed by atoms with Crippen LogP contribution >= 0.6 is 0 Å². The summed E-state index contributed by atoms with van der Waals surface area (Å²) in [7, 11) is 0. The molecule has 0 atom stereocenters. The molecule has 0 saturated heterocycles. The molecule has 18 heavy (non-hydrogen) atoms. The molecule has 4 nitrogen and oxygen atoms in total. The molecular formula is C14H13N3O. The summed E-state index contributed by atoms with van der Waals surface area (Å²) in [6, 6.07) is 9.91. The SMILES string of the molecule is O=C(Nc1ccncn1)C1Cc2ccccc2C1. The molecule has 1 heterocycles. The first-order chi connectivity index (χ1) is 8.83. The minimum absolute atomic E-state index is 0.0114. The van der Waals surface area contributed by atoms with Gasteiger partial charge < -0.3 is 5.32 Å². The van der Waals surface area contributed by atoms with Crippen molar-refractivity contribution in [1.29, 1.82) is 0 Å². The van der Waals surface area contributed by atoms with Crippen molar-refractivity contribution in [1.82, 2.24) is 9.97 Å². The molecule has 0 spiro atoms. The Morgan fingerprint density at radius 2 is 1.89 bits per heavy atom. The number of carbonyl (C=O) groups is 1. The van der Waals surface area contributed by atoms with Crippen LogP contribution in [0.3, 0.4) is 0 Å². The van der Waals surface area contributed by atoms with Crippen LogP contribution in [0.15, 0.2) is 42.9 Å². The summed E-state index contributed by atoms with van der Waals surface area (Å²) < 4.78 is 0. The number of rotatable bonds is 2. The number of hydrogen-bond donors (Lipinski definition) is 1. The van der Waals surface area contributed by atoms with Crippen molar-refractivity contribution in [3.05, 3.63) is 54.0 Å². The molecule has 90 valence electrons. The largest absolute Gasteiger partial charge is 0.310 e. The molecular weight excluding hydrogens is 226 g/mol. The number of amides is 1. The Bertz CT molecular complexity index is 543. The highest BCUT2D eigenvalue weighted by atomic mass is 16.1. The molecule has 0 fully saturated rings. The van der Waals surface area contributed by atoms with Gasteiger partial charge in [0.05, 0.1) is 0 Å². The number of nitrogens with one attached hydrogen (secondary N) is 1. The van der Waals surface area contributed by atoms with Gasteiger partial charge in [0.25, 0.3) is 0 Å². The first-order valence-corrected chi connectivity index (χ1v) is 5.96. The Kier molecular flexibility index (Phi) is 2.76. The number of aromatic nitrogens is 2. The lowest BCUT2D eigenvalue weighted by molar-refractivity contribution is -0.119. The van der Waals surface area contributed by atoms with E-state index in [1.165, 1.54) is 17.5 Å². The van der Waals surface area contributed by atoms with Gasteiger partial charge in [-0.15, -0.1) is 0 Å². The van der Waals surface area contributed by atoms with E-state index in [2.05, 4.69) is 27.4 Å². The zero-order valence-electron chi connectivity index (χ0n) is 9.84. The minimum Gasteiger partial charge on any atom is -0.310 e. The third-order valence-corrected chi connectivity index (χ3v) is 3.26. The Morgan fingerprint density at radius 3 is 2.50 bits per heavy atom. The second-order valence-corrected chi connectivity index (χ2v) is 4.46. The van der Waals surface area contributed by atoms with Crippen LogP contribution in [-0.4, -0.2) is 15.9 Å². The molecule has 0 radical (unpaired) electrons. The van der Waals surface area contributed by atoms with Gasteiger partial charge in [0.1, 0.15) is 12.1 Å². The minimum atomic E-state index is 0.0114. The number of benzene rings is 1. The van der Waals surface area contributed by atoms with E-state index in [0.29, 0.717) is 5.82 Å². The lowest BCUT2D eigenvalue weighted by atomic mass is 10.1. The van der Waals surface area contributed by atoms with Gasteiger partial charge in [0, 0.05) is 12.1 Å². The summed E-state index contributed by atoms with van der Waals surface area (Å²) >= 11 is 0. The smallest absolute Gasteiger partial charge is 0.229 e. The zero-order valence-corrected chi connectivity index (χ0v) is 9.84. The highest BCUT2D eigenvalue weighted by Gasteiger charge is 2.27. The summed E-state index contributed by atoms with van der Waals surface area (Å²) in [6.07, 6.45) is 4.67. The lowest BCUT2D eigenvalue weighted by Gasteiger charge is -2.09. The predicted octanol–water partition coefficient (Wildman–Crippen LogP) is 1.83. The van der Waals surface area contributed by atoms with Crippen molar-refractivity contribution in [3.63, 3.8) is 0 Å². The van der Waals surface area contributed by atoms with Crippen molar-refractivity contribution >= 4 is 11.7 Å². The van der Waals surface area contributed by atoms with Gasteiger partial charge in [0.15, 0.2) is 0 Å². The maximum absolute atomic E-state index is 12.1. The first-order valence-electron chi connectivity index (χ1n) is 5.96. The van der Waals surface area contributed by atoms with E-state index < -0.39 is 0 Å². The molecule has 1 aliphatic rings. The third kappa shape index (κ3) is 2.09. The summed E-state index contributed by atoms with van der Waals surface area (Å²) in [5.74, 6) is 0.605. The van der Waals surface area contributed by atoms with Crippen LogP contribution in [0, 0.1) is 5.92 Å². The summed E-state index contributed by atoms with van der Waals surface area (Å²) in [5, 5.41) is 2.83. The van der Waals surface area contributed by atoms with E-state index in [4.69, 9.17) is 0 Å². The number of fused-ring (bicyclic) bond motifs is 1. The van der Waals surface area contributed by atoms with Gasteiger partial charge in [-0.2, -0.15) is 0 Å². The van der Waals surface area contributed by atoms with Gasteiger partial charge in [0.2, 0.25) is 5.91 Å². The van der Waals surface area contributed by atoms with Gasteiger partial charge in [-0.25, -0.2) is 9.97 Å². The summed E-state index contributed by atoms with van der Waals surface area (Å²) in [4.78, 5) is 19.9. The van der Waals surface area contributed by atoms with Crippen LogP contribution in [0.25, 0.3) is 0 Å². The zero-order chi connectivity index (χ0) is 12.4. The lowest BCUT2D eigenvalue weighted by Crippen LogP contribution is -2.23. The van der Waals surface area contributed by atoms with E-state index in [1.54, 1.807) is 12.3 Å². The topological polar surface area (TPSA) is 54.9 Å². The van der Waals surface area contributed by atoms with Gasteiger partial charge in [-0.1, -0.05) is 24.3 Å². The third-order valence-electron chi connectivity index (χ3n) is 3.26. The van der Waals surface area contributed by atoms with E-state index in [9.17, 15) is 4.79 Å². The molecule has 1 aliphatic carbocycles. The van der Waals surface area contributed by atoms with Gasteiger partial charge in [-0.05, 0) is 30.0 Å². The molecule has 1 aromatic heterocycles. The predicted molar refractivity (Wildman–Crippen MR) is 68.0 cm³/mol. The fourth-order valence-electron chi connectivity index (χ4n) is 2.34. The Morgan fingerprint density at radius 1 is 1.17 bits per heavy atom. The van der Waals surface area contributed by atoms with Crippen molar-refractivity contribution in [3.8, 4) is 0 Å². The van der Waals surface area contributed by atoms with Crippen LogP contribution in [0.2, 0.25) is 0 Å². The maximum atomic E-state index is 12.1. The normalized spacial score (nSPS) is 14.2. The molecule has 0 saturated carbocycles. The Balaban J connectivity index is 1.70. The number of anilines is 1. The van der Waals surface area contributed by atoms with Crippen molar-refractivity contribution in [2.24, 2.45) is 5.92 Å². The molecule has 0 bridgehead atoms. The van der Waals surface area contributed by atoms with Gasteiger partial charge >= 0.3 is 0 Å². The Hall–Kier alpha value is -2.23. The highest BCUT2D eigenvalue weighted by molar-refractivity contribution is 5.92.